The number of hydrogen-bond donors (Lipinski definition) is 0. The second-order valence-corrected chi connectivity index (χ2v) is 4.28. The zero-order valence-electron chi connectivity index (χ0n) is 7.56. The molecule has 4 heteroatoms. The summed E-state index contributed by atoms with van der Waals surface area (Å²) in [6.07, 6.45) is 0. The van der Waals surface area contributed by atoms with E-state index in [-0.39, 0.29) is 10.6 Å². The number of rotatable bonds is 3. The first-order valence-electron chi connectivity index (χ1n) is 4.05. The standard InChI is InChI=1S/C10H9BrClFO/c1-6(14)10(11)7-2-3-8(5-13)9(12)4-7/h2-4,10H,5H2,1H3. The molecule has 1 aromatic rings. The predicted octanol–water partition coefficient (Wildman–Crippen LogP) is 3.83. The van der Waals surface area contributed by atoms with Gasteiger partial charge in [-0.3, -0.25) is 4.79 Å². The maximum absolute atomic E-state index is 12.3. The molecule has 0 saturated heterocycles. The molecule has 1 atom stereocenters. The molecule has 76 valence electrons. The van der Waals surface area contributed by atoms with Crippen molar-refractivity contribution in [1.29, 1.82) is 0 Å². The van der Waals surface area contributed by atoms with E-state index in [9.17, 15) is 9.18 Å². The lowest BCUT2D eigenvalue weighted by Crippen LogP contribution is -2.01. The highest BCUT2D eigenvalue weighted by atomic mass is 79.9. The van der Waals surface area contributed by atoms with Crippen LogP contribution in [0.2, 0.25) is 5.02 Å². The fraction of sp³-hybridized carbons (Fsp3) is 0.300. The Hall–Kier alpha value is -0.410. The molecule has 0 aliphatic heterocycles. The zero-order valence-corrected chi connectivity index (χ0v) is 9.90. The summed E-state index contributed by atoms with van der Waals surface area (Å²) in [7, 11) is 0. The maximum Gasteiger partial charge on any atom is 0.147 e. The molecule has 0 bridgehead atoms. The number of carbonyl (C=O) groups excluding carboxylic acids is 1. The molecule has 0 spiro atoms. The minimum atomic E-state index is -0.591. The van der Waals surface area contributed by atoms with E-state index in [1.165, 1.54) is 6.92 Å². The number of alkyl halides is 2. The summed E-state index contributed by atoms with van der Waals surface area (Å²) in [4.78, 5) is 10.7. The van der Waals surface area contributed by atoms with Crippen molar-refractivity contribution in [3.05, 3.63) is 34.3 Å². The normalized spacial score (nSPS) is 12.6. The molecule has 1 aromatic carbocycles. The van der Waals surface area contributed by atoms with Crippen LogP contribution in [0, 0.1) is 0 Å². The van der Waals surface area contributed by atoms with Gasteiger partial charge in [-0.25, -0.2) is 4.39 Å². The second-order valence-electron chi connectivity index (χ2n) is 2.96. The maximum atomic E-state index is 12.3. The summed E-state index contributed by atoms with van der Waals surface area (Å²) >= 11 is 9.04. The van der Waals surface area contributed by atoms with Crippen LogP contribution < -0.4 is 0 Å². The largest absolute Gasteiger partial charge is 0.298 e. The molecular weight excluding hydrogens is 270 g/mol. The van der Waals surface area contributed by atoms with Crippen LogP contribution in [0.15, 0.2) is 18.2 Å². The predicted molar refractivity (Wildman–Crippen MR) is 58.6 cm³/mol. The molecule has 0 N–H and O–H groups in total. The van der Waals surface area contributed by atoms with Gasteiger partial charge in [0.1, 0.15) is 12.5 Å². The van der Waals surface area contributed by atoms with Gasteiger partial charge in [-0.2, -0.15) is 0 Å². The summed E-state index contributed by atoms with van der Waals surface area (Å²) in [5.41, 5.74) is 1.19. The Bertz CT molecular complexity index is 354. The SMILES string of the molecule is CC(=O)C(Br)c1ccc(CF)c(Cl)c1. The minimum Gasteiger partial charge on any atom is -0.298 e. The quantitative estimate of drug-likeness (QED) is 0.769. The van der Waals surface area contributed by atoms with Gasteiger partial charge in [-0.05, 0) is 18.6 Å². The molecule has 0 aromatic heterocycles. The average molecular weight is 280 g/mol. The van der Waals surface area contributed by atoms with Crippen molar-refractivity contribution in [3.8, 4) is 0 Å². The third-order valence-electron chi connectivity index (χ3n) is 1.87. The van der Waals surface area contributed by atoms with Gasteiger partial charge >= 0.3 is 0 Å². The van der Waals surface area contributed by atoms with E-state index < -0.39 is 6.67 Å². The molecule has 14 heavy (non-hydrogen) atoms. The van der Waals surface area contributed by atoms with Crippen molar-refractivity contribution in [1.82, 2.24) is 0 Å². The molecule has 0 aliphatic carbocycles. The molecule has 0 aliphatic rings. The topological polar surface area (TPSA) is 17.1 Å². The number of carbonyl (C=O) groups is 1. The first-order chi connectivity index (χ1) is 6.56. The van der Waals surface area contributed by atoms with Gasteiger partial charge in [0.15, 0.2) is 0 Å². The van der Waals surface area contributed by atoms with Crippen LogP contribution in [0.4, 0.5) is 4.39 Å². The lowest BCUT2D eigenvalue weighted by molar-refractivity contribution is -0.116. The Balaban J connectivity index is 3.02. The number of benzene rings is 1. The second kappa shape index (κ2) is 4.89. The van der Waals surface area contributed by atoms with Crippen molar-refractivity contribution in [2.75, 3.05) is 0 Å². The van der Waals surface area contributed by atoms with Gasteiger partial charge in [-0.1, -0.05) is 39.7 Å². The van der Waals surface area contributed by atoms with Gasteiger partial charge in [-0.15, -0.1) is 0 Å². The van der Waals surface area contributed by atoms with Crippen LogP contribution in [0.5, 0.6) is 0 Å². The Kier molecular flexibility index (Phi) is 4.08. The van der Waals surface area contributed by atoms with Crippen molar-refractivity contribution in [2.24, 2.45) is 0 Å². The van der Waals surface area contributed by atoms with Gasteiger partial charge < -0.3 is 0 Å². The third-order valence-corrected chi connectivity index (χ3v) is 3.40. The van der Waals surface area contributed by atoms with E-state index in [1.54, 1.807) is 18.2 Å². The van der Waals surface area contributed by atoms with Crippen molar-refractivity contribution in [2.45, 2.75) is 18.4 Å². The highest BCUT2D eigenvalue weighted by Gasteiger charge is 2.13. The summed E-state index contributed by atoms with van der Waals surface area (Å²) in [6, 6.07) is 4.90. The Morgan fingerprint density at radius 3 is 2.71 bits per heavy atom. The van der Waals surface area contributed by atoms with Gasteiger partial charge in [0.2, 0.25) is 0 Å². The minimum absolute atomic E-state index is 0.00550. The van der Waals surface area contributed by atoms with Crippen molar-refractivity contribution in [3.63, 3.8) is 0 Å². The molecule has 0 heterocycles. The van der Waals surface area contributed by atoms with Crippen molar-refractivity contribution >= 4 is 33.3 Å². The van der Waals surface area contributed by atoms with E-state index in [1.807, 2.05) is 0 Å². The highest BCUT2D eigenvalue weighted by molar-refractivity contribution is 9.09. The molecule has 1 unspecified atom stereocenters. The highest BCUT2D eigenvalue weighted by Crippen LogP contribution is 2.28. The average Bonchev–Trinajstić information content (AvgIpc) is 2.16. The monoisotopic (exact) mass is 278 g/mol. The zero-order chi connectivity index (χ0) is 10.7. The van der Waals surface area contributed by atoms with Crippen LogP contribution in [-0.4, -0.2) is 5.78 Å². The van der Waals surface area contributed by atoms with Crippen LogP contribution >= 0.6 is 27.5 Å². The van der Waals surface area contributed by atoms with E-state index in [0.29, 0.717) is 10.6 Å². The summed E-state index contributed by atoms with van der Waals surface area (Å²) in [5.74, 6) is -0.00550. The van der Waals surface area contributed by atoms with Crippen LogP contribution in [0.25, 0.3) is 0 Å². The fourth-order valence-electron chi connectivity index (χ4n) is 1.06. The van der Waals surface area contributed by atoms with E-state index in [4.69, 9.17) is 11.6 Å². The first kappa shape index (κ1) is 11.7. The van der Waals surface area contributed by atoms with Crippen molar-refractivity contribution < 1.29 is 9.18 Å². The molecule has 0 radical (unpaired) electrons. The van der Waals surface area contributed by atoms with Crippen LogP contribution in [0.3, 0.4) is 0 Å². The number of ketones is 1. The number of Topliss-reactive ketones (excluding diaryl/α,β-unsaturated/α-hetero) is 1. The van der Waals surface area contributed by atoms with Gasteiger partial charge in [0.25, 0.3) is 0 Å². The van der Waals surface area contributed by atoms with Gasteiger partial charge in [0, 0.05) is 10.6 Å². The number of hydrogen-bond acceptors (Lipinski definition) is 1. The molecule has 0 amide bonds. The van der Waals surface area contributed by atoms with Gasteiger partial charge in [0.05, 0.1) is 4.83 Å². The molecule has 0 fully saturated rings. The van der Waals surface area contributed by atoms with E-state index >= 15 is 0 Å². The smallest absolute Gasteiger partial charge is 0.147 e. The Labute approximate surface area is 95.4 Å². The Morgan fingerprint density at radius 1 is 1.64 bits per heavy atom. The third kappa shape index (κ3) is 2.55. The van der Waals surface area contributed by atoms with E-state index in [2.05, 4.69) is 15.9 Å². The fourth-order valence-corrected chi connectivity index (χ4v) is 1.59. The molecule has 1 nitrogen and oxygen atoms in total. The Morgan fingerprint density at radius 2 is 2.29 bits per heavy atom. The van der Waals surface area contributed by atoms with Crippen LogP contribution in [-0.2, 0) is 11.5 Å². The molecule has 0 saturated carbocycles. The van der Waals surface area contributed by atoms with Crippen LogP contribution in [0.1, 0.15) is 22.9 Å². The van der Waals surface area contributed by atoms with E-state index in [0.717, 1.165) is 5.56 Å². The molecular formula is C10H9BrClFO. The molecule has 1 rings (SSSR count). The lowest BCUT2D eigenvalue weighted by Gasteiger charge is -2.08. The summed E-state index contributed by atoms with van der Waals surface area (Å²) < 4.78 is 12.3. The summed E-state index contributed by atoms with van der Waals surface area (Å²) in [6.45, 7) is 0.891. The lowest BCUT2D eigenvalue weighted by atomic mass is 10.1. The number of halogens is 3. The summed E-state index contributed by atoms with van der Waals surface area (Å²) in [5, 5.41) is 0.357. The first-order valence-corrected chi connectivity index (χ1v) is 5.34.